The first-order valence-electron chi connectivity index (χ1n) is 2.78. The summed E-state index contributed by atoms with van der Waals surface area (Å²) in [5.74, 6) is 5.24. The zero-order valence-electron chi connectivity index (χ0n) is 5.77. The Morgan fingerprint density at radius 1 is 1.55 bits per heavy atom. The second kappa shape index (κ2) is 4.51. The number of halogens is 1. The van der Waals surface area contributed by atoms with Crippen molar-refractivity contribution in [3.05, 3.63) is 30.1 Å². The lowest BCUT2D eigenvalue weighted by Gasteiger charge is -1.94. The third-order valence-corrected chi connectivity index (χ3v) is 1.10. The molecule has 0 aliphatic heterocycles. The van der Waals surface area contributed by atoms with Gasteiger partial charge in [0.25, 0.3) is 0 Å². The van der Waals surface area contributed by atoms with Gasteiger partial charge in [0.15, 0.2) is 5.84 Å². The molecular formula is C6H9ClN4. The summed E-state index contributed by atoms with van der Waals surface area (Å²) in [5, 5.41) is 3.31. The van der Waals surface area contributed by atoms with Crippen molar-refractivity contribution in [2.75, 3.05) is 0 Å². The number of pyridine rings is 1. The number of hydrogen-bond acceptors (Lipinski definition) is 3. The standard InChI is InChI=1S/C6H8N4.ClH/c7-6(10-8)5-2-1-3-9-4-5;/h1-4H,8H2,(H2,7,10);1H. The van der Waals surface area contributed by atoms with Gasteiger partial charge in [-0.1, -0.05) is 0 Å². The van der Waals surface area contributed by atoms with Gasteiger partial charge in [0.1, 0.15) is 0 Å². The first-order chi connectivity index (χ1) is 4.84. The largest absolute Gasteiger partial charge is 0.382 e. The minimum absolute atomic E-state index is 0. The van der Waals surface area contributed by atoms with Gasteiger partial charge in [-0.25, -0.2) is 0 Å². The minimum Gasteiger partial charge on any atom is -0.382 e. The molecule has 0 aliphatic carbocycles. The highest BCUT2D eigenvalue weighted by molar-refractivity contribution is 5.96. The number of aromatic nitrogens is 1. The summed E-state index contributed by atoms with van der Waals surface area (Å²) in [6.45, 7) is 0. The molecule has 0 spiro atoms. The van der Waals surface area contributed by atoms with E-state index in [-0.39, 0.29) is 12.4 Å². The van der Waals surface area contributed by atoms with E-state index < -0.39 is 0 Å². The van der Waals surface area contributed by atoms with Crippen LogP contribution in [0.3, 0.4) is 0 Å². The highest BCUT2D eigenvalue weighted by Gasteiger charge is 1.93. The van der Waals surface area contributed by atoms with Gasteiger partial charge in [0, 0.05) is 18.0 Å². The Morgan fingerprint density at radius 2 is 2.27 bits per heavy atom. The van der Waals surface area contributed by atoms with Crippen LogP contribution in [0.1, 0.15) is 5.56 Å². The Labute approximate surface area is 70.7 Å². The molecule has 0 atom stereocenters. The van der Waals surface area contributed by atoms with Crippen LogP contribution in [0.4, 0.5) is 0 Å². The highest BCUT2D eigenvalue weighted by Crippen LogP contribution is 1.92. The fourth-order valence-corrected chi connectivity index (χ4v) is 0.589. The Bertz CT molecular complexity index is 234. The van der Waals surface area contributed by atoms with Crippen molar-refractivity contribution in [2.45, 2.75) is 0 Å². The van der Waals surface area contributed by atoms with E-state index in [4.69, 9.17) is 11.6 Å². The van der Waals surface area contributed by atoms with Crippen LogP contribution >= 0.6 is 12.4 Å². The molecule has 0 unspecified atom stereocenters. The first kappa shape index (κ1) is 9.71. The minimum atomic E-state index is 0. The molecule has 0 amide bonds. The molecule has 5 heteroatoms. The summed E-state index contributed by atoms with van der Waals surface area (Å²) in [6, 6.07) is 3.56. The maximum atomic E-state index is 5.38. The molecule has 1 rings (SSSR count). The topological polar surface area (TPSA) is 77.3 Å². The van der Waals surface area contributed by atoms with Gasteiger partial charge < -0.3 is 11.6 Å². The van der Waals surface area contributed by atoms with Gasteiger partial charge in [-0.3, -0.25) is 4.98 Å². The van der Waals surface area contributed by atoms with E-state index in [9.17, 15) is 0 Å². The van der Waals surface area contributed by atoms with Crippen LogP contribution in [0.2, 0.25) is 0 Å². The van der Waals surface area contributed by atoms with Crippen LogP contribution in [0.15, 0.2) is 29.6 Å². The lowest BCUT2D eigenvalue weighted by molar-refractivity contribution is 1.22. The zero-order chi connectivity index (χ0) is 7.40. The van der Waals surface area contributed by atoms with Crippen molar-refractivity contribution < 1.29 is 0 Å². The number of rotatable bonds is 1. The summed E-state index contributed by atoms with van der Waals surface area (Å²) >= 11 is 0. The van der Waals surface area contributed by atoms with E-state index in [1.54, 1.807) is 24.5 Å². The maximum absolute atomic E-state index is 5.38. The number of amidine groups is 1. The van der Waals surface area contributed by atoms with E-state index >= 15 is 0 Å². The van der Waals surface area contributed by atoms with E-state index in [1.165, 1.54) is 0 Å². The van der Waals surface area contributed by atoms with Crippen LogP contribution in [0.5, 0.6) is 0 Å². The van der Waals surface area contributed by atoms with E-state index in [1.807, 2.05) is 0 Å². The second-order valence-electron chi connectivity index (χ2n) is 1.76. The van der Waals surface area contributed by atoms with Crippen molar-refractivity contribution in [1.29, 1.82) is 0 Å². The van der Waals surface area contributed by atoms with Gasteiger partial charge in [0.2, 0.25) is 0 Å². The molecule has 0 aliphatic rings. The monoisotopic (exact) mass is 172 g/mol. The van der Waals surface area contributed by atoms with Crippen LogP contribution in [-0.4, -0.2) is 10.8 Å². The highest BCUT2D eigenvalue weighted by atomic mass is 35.5. The van der Waals surface area contributed by atoms with Gasteiger partial charge in [-0.15, -0.1) is 12.4 Å². The summed E-state index contributed by atoms with van der Waals surface area (Å²) in [5.41, 5.74) is 6.12. The second-order valence-corrected chi connectivity index (χ2v) is 1.76. The number of hydrogen-bond donors (Lipinski definition) is 2. The Morgan fingerprint density at radius 3 is 2.73 bits per heavy atom. The molecule has 0 bridgehead atoms. The molecule has 60 valence electrons. The molecule has 0 radical (unpaired) electrons. The third-order valence-electron chi connectivity index (χ3n) is 1.10. The van der Waals surface area contributed by atoms with Crippen LogP contribution in [0.25, 0.3) is 0 Å². The van der Waals surface area contributed by atoms with E-state index in [2.05, 4.69) is 10.1 Å². The summed E-state index contributed by atoms with van der Waals surface area (Å²) in [6.07, 6.45) is 3.26. The molecule has 0 saturated heterocycles. The quantitative estimate of drug-likeness (QED) is 0.273. The number of hydrazone groups is 1. The predicted molar refractivity (Wildman–Crippen MR) is 46.4 cm³/mol. The average molecular weight is 173 g/mol. The third kappa shape index (κ3) is 2.43. The lowest BCUT2D eigenvalue weighted by atomic mass is 10.3. The van der Waals surface area contributed by atoms with Gasteiger partial charge in [0.05, 0.1) is 0 Å². The number of nitrogens with two attached hydrogens (primary N) is 2. The lowest BCUT2D eigenvalue weighted by Crippen LogP contribution is -2.15. The zero-order valence-corrected chi connectivity index (χ0v) is 6.58. The molecule has 1 aromatic rings. The Balaban J connectivity index is 0.000001000. The predicted octanol–water partition coefficient (Wildman–Crippen LogP) is 0.0824. The molecule has 4 N–H and O–H groups in total. The fraction of sp³-hybridized carbons (Fsp3) is 0. The Kier molecular flexibility index (Phi) is 3.98. The van der Waals surface area contributed by atoms with Crippen molar-refractivity contribution in [3.63, 3.8) is 0 Å². The molecule has 1 heterocycles. The molecular weight excluding hydrogens is 164 g/mol. The van der Waals surface area contributed by atoms with Gasteiger partial charge in [-0.05, 0) is 12.1 Å². The van der Waals surface area contributed by atoms with Crippen molar-refractivity contribution in [1.82, 2.24) is 4.98 Å². The molecule has 4 nitrogen and oxygen atoms in total. The normalized spacial score (nSPS) is 10.4. The molecule has 0 fully saturated rings. The summed E-state index contributed by atoms with van der Waals surface area (Å²) < 4.78 is 0. The molecule has 1 aromatic heterocycles. The Hall–Kier alpha value is -1.29. The molecule has 11 heavy (non-hydrogen) atoms. The molecule has 0 saturated carbocycles. The summed E-state index contributed by atoms with van der Waals surface area (Å²) in [7, 11) is 0. The first-order valence-corrected chi connectivity index (χ1v) is 2.78. The van der Waals surface area contributed by atoms with Crippen LogP contribution in [-0.2, 0) is 0 Å². The van der Waals surface area contributed by atoms with Crippen molar-refractivity contribution >= 4 is 18.2 Å². The summed E-state index contributed by atoms with van der Waals surface area (Å²) in [4.78, 5) is 3.84. The van der Waals surface area contributed by atoms with Crippen molar-refractivity contribution in [2.24, 2.45) is 16.7 Å². The maximum Gasteiger partial charge on any atom is 0.151 e. The van der Waals surface area contributed by atoms with E-state index in [0.29, 0.717) is 5.84 Å². The van der Waals surface area contributed by atoms with E-state index in [0.717, 1.165) is 5.56 Å². The molecule has 0 aromatic carbocycles. The van der Waals surface area contributed by atoms with Crippen LogP contribution in [0, 0.1) is 0 Å². The number of nitrogens with zero attached hydrogens (tertiary/aromatic N) is 2. The van der Waals surface area contributed by atoms with Crippen LogP contribution < -0.4 is 11.6 Å². The van der Waals surface area contributed by atoms with Crippen molar-refractivity contribution in [3.8, 4) is 0 Å². The smallest absolute Gasteiger partial charge is 0.151 e. The SMILES string of the molecule is Cl.NN=C(N)c1cccnc1. The fourth-order valence-electron chi connectivity index (χ4n) is 0.589. The average Bonchev–Trinajstić information content (AvgIpc) is 2.05. The van der Waals surface area contributed by atoms with Gasteiger partial charge >= 0.3 is 0 Å². The van der Waals surface area contributed by atoms with Gasteiger partial charge in [-0.2, -0.15) is 5.10 Å².